The highest BCUT2D eigenvalue weighted by Gasteiger charge is 2.11. The number of hydrogen-bond acceptors (Lipinski definition) is 1. The minimum absolute atomic E-state index is 0.542. The predicted molar refractivity (Wildman–Crippen MR) is 42.1 cm³/mol. The van der Waals surface area contributed by atoms with Crippen molar-refractivity contribution >= 4 is 6.72 Å². The van der Waals surface area contributed by atoms with Crippen LogP contribution in [0.4, 0.5) is 0 Å². The Labute approximate surface area is 61.5 Å². The normalized spacial score (nSPS) is 24.6. The van der Waals surface area contributed by atoms with Crippen LogP contribution in [0.1, 0.15) is 19.3 Å². The van der Waals surface area contributed by atoms with Gasteiger partial charge < -0.3 is 5.21 Å². The molecule has 0 amide bonds. The molecule has 2 nitrogen and oxygen atoms in total. The molecule has 0 N–H and O–H groups in total. The number of rotatable bonds is 2. The SMILES string of the molecule is C=[N+]([O-])CC1CC=CCC1. The highest BCUT2D eigenvalue weighted by atomic mass is 16.5. The monoisotopic (exact) mass is 139 g/mol. The second kappa shape index (κ2) is 3.40. The predicted octanol–water partition coefficient (Wildman–Crippen LogP) is 1.55. The molecular formula is C8H13NO. The summed E-state index contributed by atoms with van der Waals surface area (Å²) in [6.45, 7) is 3.87. The highest BCUT2D eigenvalue weighted by molar-refractivity contribution is 5.14. The maximum absolute atomic E-state index is 10.5. The van der Waals surface area contributed by atoms with Crippen molar-refractivity contribution in [2.75, 3.05) is 6.54 Å². The zero-order valence-corrected chi connectivity index (χ0v) is 6.12. The molecule has 1 aliphatic rings. The Morgan fingerprint density at radius 2 is 2.40 bits per heavy atom. The minimum atomic E-state index is 0.542. The van der Waals surface area contributed by atoms with Crippen molar-refractivity contribution in [3.8, 4) is 0 Å². The molecule has 0 saturated carbocycles. The Bertz CT molecular complexity index is 151. The summed E-state index contributed by atoms with van der Waals surface area (Å²) in [6.07, 6.45) is 7.64. The van der Waals surface area contributed by atoms with Crippen molar-refractivity contribution in [1.29, 1.82) is 0 Å². The third kappa shape index (κ3) is 2.21. The van der Waals surface area contributed by atoms with Crippen LogP contribution in [0.15, 0.2) is 12.2 Å². The van der Waals surface area contributed by atoms with E-state index in [1.165, 1.54) is 0 Å². The summed E-state index contributed by atoms with van der Waals surface area (Å²) in [7, 11) is 0. The molecule has 0 bridgehead atoms. The third-order valence-electron chi connectivity index (χ3n) is 1.84. The lowest BCUT2D eigenvalue weighted by molar-refractivity contribution is -0.457. The zero-order chi connectivity index (χ0) is 7.40. The van der Waals surface area contributed by atoms with E-state index in [1.54, 1.807) is 0 Å². The topological polar surface area (TPSA) is 26.1 Å². The number of hydroxylamine groups is 1. The van der Waals surface area contributed by atoms with Crippen molar-refractivity contribution in [1.82, 2.24) is 0 Å². The van der Waals surface area contributed by atoms with Gasteiger partial charge in [0.15, 0.2) is 6.54 Å². The lowest BCUT2D eigenvalue weighted by Crippen LogP contribution is -2.15. The first-order valence-corrected chi connectivity index (χ1v) is 3.69. The van der Waals surface area contributed by atoms with Gasteiger partial charge in [0.1, 0.15) is 6.72 Å². The molecule has 0 saturated heterocycles. The van der Waals surface area contributed by atoms with E-state index in [0.717, 1.165) is 24.0 Å². The van der Waals surface area contributed by atoms with Crippen molar-refractivity contribution in [2.24, 2.45) is 5.92 Å². The Balaban J connectivity index is 2.28. The minimum Gasteiger partial charge on any atom is -0.624 e. The van der Waals surface area contributed by atoms with Gasteiger partial charge in [-0.15, -0.1) is 0 Å². The number of nitrogens with zero attached hydrogens (tertiary/aromatic N) is 1. The fourth-order valence-corrected chi connectivity index (χ4v) is 1.31. The molecule has 1 rings (SSSR count). The summed E-state index contributed by atoms with van der Waals surface area (Å²) in [5, 5.41) is 10.5. The van der Waals surface area contributed by atoms with Gasteiger partial charge in [-0.2, -0.15) is 0 Å². The second-order valence-corrected chi connectivity index (χ2v) is 2.81. The van der Waals surface area contributed by atoms with Gasteiger partial charge >= 0.3 is 0 Å². The number of allylic oxidation sites excluding steroid dienone is 2. The van der Waals surface area contributed by atoms with Gasteiger partial charge in [-0.3, -0.25) is 0 Å². The van der Waals surface area contributed by atoms with E-state index >= 15 is 0 Å². The van der Waals surface area contributed by atoms with E-state index in [-0.39, 0.29) is 0 Å². The average molecular weight is 139 g/mol. The van der Waals surface area contributed by atoms with Crippen LogP contribution in [0.2, 0.25) is 0 Å². The standard InChI is InChI=1S/C8H13NO/c1-9(10)7-8-5-3-2-4-6-8/h2-3,8H,1,4-7H2. The van der Waals surface area contributed by atoms with Gasteiger partial charge in [-0.05, 0) is 19.3 Å². The molecule has 0 spiro atoms. The lowest BCUT2D eigenvalue weighted by Gasteiger charge is -2.15. The molecule has 0 heterocycles. The molecule has 1 aliphatic carbocycles. The molecule has 0 aromatic rings. The van der Waals surface area contributed by atoms with Gasteiger partial charge in [0.2, 0.25) is 0 Å². The average Bonchev–Trinajstić information content (AvgIpc) is 1.88. The molecular weight excluding hydrogens is 126 g/mol. The fraction of sp³-hybridized carbons (Fsp3) is 0.625. The van der Waals surface area contributed by atoms with Crippen LogP contribution in [-0.4, -0.2) is 18.0 Å². The lowest BCUT2D eigenvalue weighted by atomic mass is 9.95. The smallest absolute Gasteiger partial charge is 0.155 e. The molecule has 56 valence electrons. The van der Waals surface area contributed by atoms with Gasteiger partial charge in [0.05, 0.1) is 0 Å². The van der Waals surface area contributed by atoms with Crippen LogP contribution in [0, 0.1) is 11.1 Å². The molecule has 1 atom stereocenters. The first-order chi connectivity index (χ1) is 4.79. The van der Waals surface area contributed by atoms with Gasteiger partial charge in [0.25, 0.3) is 0 Å². The Morgan fingerprint density at radius 1 is 1.60 bits per heavy atom. The molecule has 0 fully saturated rings. The van der Waals surface area contributed by atoms with Crippen LogP contribution in [0.5, 0.6) is 0 Å². The van der Waals surface area contributed by atoms with Crippen LogP contribution in [0.25, 0.3) is 0 Å². The molecule has 0 aromatic carbocycles. The molecule has 0 aromatic heterocycles. The summed E-state index contributed by atoms with van der Waals surface area (Å²) in [5.41, 5.74) is 0. The molecule has 0 aliphatic heterocycles. The second-order valence-electron chi connectivity index (χ2n) is 2.81. The van der Waals surface area contributed by atoms with E-state index in [4.69, 9.17) is 0 Å². The maximum Gasteiger partial charge on any atom is 0.155 e. The van der Waals surface area contributed by atoms with Crippen LogP contribution in [-0.2, 0) is 0 Å². The largest absolute Gasteiger partial charge is 0.624 e. The van der Waals surface area contributed by atoms with Crippen LogP contribution >= 0.6 is 0 Å². The van der Waals surface area contributed by atoms with E-state index in [1.807, 2.05) is 0 Å². The summed E-state index contributed by atoms with van der Waals surface area (Å²) in [5.74, 6) is 0.542. The summed E-state index contributed by atoms with van der Waals surface area (Å²) >= 11 is 0. The van der Waals surface area contributed by atoms with E-state index in [0.29, 0.717) is 12.5 Å². The molecule has 10 heavy (non-hydrogen) atoms. The maximum atomic E-state index is 10.5. The third-order valence-corrected chi connectivity index (χ3v) is 1.84. The first-order valence-electron chi connectivity index (χ1n) is 3.69. The van der Waals surface area contributed by atoms with Gasteiger partial charge in [-0.25, -0.2) is 4.74 Å². The van der Waals surface area contributed by atoms with Crippen LogP contribution in [0.3, 0.4) is 0 Å². The summed E-state index contributed by atoms with van der Waals surface area (Å²) in [4.78, 5) is 0. The fourth-order valence-electron chi connectivity index (χ4n) is 1.31. The van der Waals surface area contributed by atoms with E-state index < -0.39 is 0 Å². The summed E-state index contributed by atoms with van der Waals surface area (Å²) in [6, 6.07) is 0. The highest BCUT2D eigenvalue weighted by Crippen LogP contribution is 2.17. The Hall–Kier alpha value is -0.790. The van der Waals surface area contributed by atoms with Crippen molar-refractivity contribution < 1.29 is 4.74 Å². The van der Waals surface area contributed by atoms with Gasteiger partial charge in [-0.1, -0.05) is 12.2 Å². The van der Waals surface area contributed by atoms with Gasteiger partial charge in [0, 0.05) is 5.92 Å². The van der Waals surface area contributed by atoms with Crippen molar-refractivity contribution in [3.05, 3.63) is 17.4 Å². The quantitative estimate of drug-likeness (QED) is 0.187. The Kier molecular flexibility index (Phi) is 2.49. The summed E-state index contributed by atoms with van der Waals surface area (Å²) < 4.78 is 0.782. The van der Waals surface area contributed by atoms with Crippen molar-refractivity contribution in [3.63, 3.8) is 0 Å². The number of hydrogen-bond donors (Lipinski definition) is 0. The molecule has 0 radical (unpaired) electrons. The van der Waals surface area contributed by atoms with Crippen molar-refractivity contribution in [2.45, 2.75) is 19.3 Å². The molecule has 2 heteroatoms. The van der Waals surface area contributed by atoms with E-state index in [9.17, 15) is 5.21 Å². The van der Waals surface area contributed by atoms with Crippen LogP contribution < -0.4 is 0 Å². The first kappa shape index (κ1) is 7.32. The molecule has 1 unspecified atom stereocenters. The van der Waals surface area contributed by atoms with E-state index in [2.05, 4.69) is 18.9 Å². The zero-order valence-electron chi connectivity index (χ0n) is 6.12. The Morgan fingerprint density at radius 3 is 2.90 bits per heavy atom.